The summed E-state index contributed by atoms with van der Waals surface area (Å²) >= 11 is 0. The molecular formula is C11H16N4O2. The fraction of sp³-hybridized carbons (Fsp3) is 0.545. The minimum Gasteiger partial charge on any atom is -0.480 e. The Hall–Kier alpha value is -1.69. The van der Waals surface area contributed by atoms with Crippen molar-refractivity contribution in [3.63, 3.8) is 0 Å². The number of aryl methyl sites for hydroxylation is 2. The standard InChI is InChI=1S/C11H16N4O2/c1-7-5-8(2)14-11(13-7)15-4-3-12-6-9(15)10(16)17/h5,9,12H,3-4,6H2,1-2H3,(H,16,17). The fourth-order valence-corrected chi connectivity index (χ4v) is 2.00. The molecule has 1 aromatic heterocycles. The number of carbonyl (C=O) groups is 1. The maximum absolute atomic E-state index is 11.2. The highest BCUT2D eigenvalue weighted by atomic mass is 16.4. The molecule has 1 aliphatic heterocycles. The molecule has 17 heavy (non-hydrogen) atoms. The second-order valence-corrected chi connectivity index (χ2v) is 4.20. The molecule has 6 heteroatoms. The van der Waals surface area contributed by atoms with Gasteiger partial charge in [-0.15, -0.1) is 0 Å². The van der Waals surface area contributed by atoms with Crippen LogP contribution < -0.4 is 10.2 Å². The molecule has 0 saturated carbocycles. The van der Waals surface area contributed by atoms with Gasteiger partial charge in [0.15, 0.2) is 0 Å². The molecule has 0 amide bonds. The van der Waals surface area contributed by atoms with E-state index in [0.29, 0.717) is 19.0 Å². The molecule has 1 fully saturated rings. The lowest BCUT2D eigenvalue weighted by atomic mass is 10.2. The average Bonchev–Trinajstić information content (AvgIpc) is 2.27. The van der Waals surface area contributed by atoms with Gasteiger partial charge in [0.2, 0.25) is 5.95 Å². The van der Waals surface area contributed by atoms with Crippen LogP contribution in [-0.4, -0.2) is 46.7 Å². The zero-order chi connectivity index (χ0) is 12.4. The molecule has 2 rings (SSSR count). The second kappa shape index (κ2) is 4.67. The van der Waals surface area contributed by atoms with E-state index in [4.69, 9.17) is 0 Å². The van der Waals surface area contributed by atoms with Gasteiger partial charge >= 0.3 is 5.97 Å². The first-order valence-corrected chi connectivity index (χ1v) is 5.60. The average molecular weight is 236 g/mol. The van der Waals surface area contributed by atoms with Crippen molar-refractivity contribution in [1.29, 1.82) is 0 Å². The maximum atomic E-state index is 11.2. The lowest BCUT2D eigenvalue weighted by Gasteiger charge is -2.33. The van der Waals surface area contributed by atoms with E-state index >= 15 is 0 Å². The van der Waals surface area contributed by atoms with Crippen molar-refractivity contribution < 1.29 is 9.90 Å². The number of aromatic nitrogens is 2. The number of hydrogen-bond acceptors (Lipinski definition) is 5. The van der Waals surface area contributed by atoms with E-state index in [2.05, 4.69) is 15.3 Å². The van der Waals surface area contributed by atoms with Gasteiger partial charge in [-0.2, -0.15) is 0 Å². The molecule has 1 atom stereocenters. The highest BCUT2D eigenvalue weighted by Gasteiger charge is 2.30. The number of rotatable bonds is 2. The van der Waals surface area contributed by atoms with Gasteiger partial charge in [-0.3, -0.25) is 0 Å². The Morgan fingerprint density at radius 2 is 2.12 bits per heavy atom. The van der Waals surface area contributed by atoms with Crippen LogP contribution in [0.4, 0.5) is 5.95 Å². The number of aliphatic carboxylic acids is 1. The lowest BCUT2D eigenvalue weighted by molar-refractivity contribution is -0.138. The second-order valence-electron chi connectivity index (χ2n) is 4.20. The van der Waals surface area contributed by atoms with Crippen LogP contribution in [0, 0.1) is 13.8 Å². The number of hydrogen-bond donors (Lipinski definition) is 2. The molecule has 0 bridgehead atoms. The molecule has 0 radical (unpaired) electrons. The normalized spacial score (nSPS) is 20.4. The fourth-order valence-electron chi connectivity index (χ4n) is 2.00. The summed E-state index contributed by atoms with van der Waals surface area (Å²) in [6.45, 7) is 5.55. The molecule has 1 aliphatic rings. The highest BCUT2D eigenvalue weighted by Crippen LogP contribution is 2.14. The quantitative estimate of drug-likeness (QED) is 0.750. The number of nitrogens with zero attached hydrogens (tertiary/aromatic N) is 3. The largest absolute Gasteiger partial charge is 0.480 e. The van der Waals surface area contributed by atoms with Gasteiger partial charge < -0.3 is 15.3 Å². The molecule has 0 aliphatic carbocycles. The predicted octanol–water partition coefficient (Wildman–Crippen LogP) is -0.0438. The Morgan fingerprint density at radius 3 is 2.71 bits per heavy atom. The summed E-state index contributed by atoms with van der Waals surface area (Å²) in [5, 5.41) is 12.2. The van der Waals surface area contributed by atoms with Gasteiger partial charge in [0.05, 0.1) is 0 Å². The lowest BCUT2D eigenvalue weighted by Crippen LogP contribution is -2.55. The first kappa shape index (κ1) is 11.8. The zero-order valence-electron chi connectivity index (χ0n) is 9.97. The van der Waals surface area contributed by atoms with Gasteiger partial charge in [0.1, 0.15) is 6.04 Å². The van der Waals surface area contributed by atoms with Crippen LogP contribution in [-0.2, 0) is 4.79 Å². The summed E-state index contributed by atoms with van der Waals surface area (Å²) in [6.07, 6.45) is 0. The van der Waals surface area contributed by atoms with Crippen molar-refractivity contribution in [3.05, 3.63) is 17.5 Å². The molecule has 2 heterocycles. The minimum absolute atomic E-state index is 0.422. The minimum atomic E-state index is -0.847. The first-order chi connectivity index (χ1) is 8.08. The van der Waals surface area contributed by atoms with Crippen LogP contribution in [0.3, 0.4) is 0 Å². The summed E-state index contributed by atoms with van der Waals surface area (Å²) < 4.78 is 0. The van der Waals surface area contributed by atoms with Gasteiger partial charge in [0.25, 0.3) is 0 Å². The third kappa shape index (κ3) is 2.52. The summed E-state index contributed by atoms with van der Waals surface area (Å²) in [5.74, 6) is -0.337. The van der Waals surface area contributed by atoms with Crippen molar-refractivity contribution in [2.75, 3.05) is 24.5 Å². The van der Waals surface area contributed by atoms with Crippen LogP contribution in [0.2, 0.25) is 0 Å². The van der Waals surface area contributed by atoms with Crippen LogP contribution in [0.5, 0.6) is 0 Å². The van der Waals surface area contributed by atoms with Crippen LogP contribution in [0.15, 0.2) is 6.07 Å². The molecule has 92 valence electrons. The molecular weight excluding hydrogens is 220 g/mol. The van der Waals surface area contributed by atoms with Crippen molar-refractivity contribution in [3.8, 4) is 0 Å². The Morgan fingerprint density at radius 1 is 1.47 bits per heavy atom. The summed E-state index contributed by atoms with van der Waals surface area (Å²) in [6, 6.07) is 1.28. The Balaban J connectivity index is 2.32. The molecule has 1 saturated heterocycles. The van der Waals surface area contributed by atoms with E-state index in [1.807, 2.05) is 19.9 Å². The molecule has 1 unspecified atom stereocenters. The summed E-state index contributed by atoms with van der Waals surface area (Å²) in [4.78, 5) is 21.5. The number of carboxylic acid groups (broad SMARTS) is 1. The first-order valence-electron chi connectivity index (χ1n) is 5.60. The third-order valence-corrected chi connectivity index (χ3v) is 2.76. The van der Waals surface area contributed by atoms with E-state index in [9.17, 15) is 9.90 Å². The summed E-state index contributed by atoms with van der Waals surface area (Å²) in [5.41, 5.74) is 1.71. The Labute approximate surface area is 99.7 Å². The van der Waals surface area contributed by atoms with E-state index < -0.39 is 12.0 Å². The van der Waals surface area contributed by atoms with Crippen LogP contribution >= 0.6 is 0 Å². The Bertz CT molecular complexity index is 415. The van der Waals surface area contributed by atoms with E-state index in [1.165, 1.54) is 0 Å². The van der Waals surface area contributed by atoms with Crippen molar-refractivity contribution >= 4 is 11.9 Å². The van der Waals surface area contributed by atoms with E-state index in [0.717, 1.165) is 17.9 Å². The van der Waals surface area contributed by atoms with Gasteiger partial charge in [0, 0.05) is 31.0 Å². The Kier molecular flexibility index (Phi) is 3.23. The molecule has 6 nitrogen and oxygen atoms in total. The third-order valence-electron chi connectivity index (χ3n) is 2.76. The summed E-state index contributed by atoms with van der Waals surface area (Å²) in [7, 11) is 0. The van der Waals surface area contributed by atoms with Crippen LogP contribution in [0.1, 0.15) is 11.4 Å². The molecule has 1 aromatic rings. The van der Waals surface area contributed by atoms with Crippen LogP contribution in [0.25, 0.3) is 0 Å². The molecule has 2 N–H and O–H groups in total. The van der Waals surface area contributed by atoms with Crippen molar-refractivity contribution in [2.45, 2.75) is 19.9 Å². The highest BCUT2D eigenvalue weighted by molar-refractivity contribution is 5.78. The van der Waals surface area contributed by atoms with E-state index in [-0.39, 0.29) is 0 Å². The van der Waals surface area contributed by atoms with Crippen molar-refractivity contribution in [2.24, 2.45) is 0 Å². The monoisotopic (exact) mass is 236 g/mol. The van der Waals surface area contributed by atoms with E-state index in [1.54, 1.807) is 4.90 Å². The SMILES string of the molecule is Cc1cc(C)nc(N2CCNCC2C(=O)O)n1. The van der Waals surface area contributed by atoms with Gasteiger partial charge in [-0.1, -0.05) is 0 Å². The maximum Gasteiger partial charge on any atom is 0.327 e. The van der Waals surface area contributed by atoms with Crippen molar-refractivity contribution in [1.82, 2.24) is 15.3 Å². The topological polar surface area (TPSA) is 78.4 Å². The predicted molar refractivity (Wildman–Crippen MR) is 63.1 cm³/mol. The zero-order valence-corrected chi connectivity index (χ0v) is 9.97. The number of nitrogens with one attached hydrogen (secondary N) is 1. The van der Waals surface area contributed by atoms with Gasteiger partial charge in [-0.25, -0.2) is 14.8 Å². The molecule has 0 aromatic carbocycles. The number of anilines is 1. The van der Waals surface area contributed by atoms with Gasteiger partial charge in [-0.05, 0) is 19.9 Å². The molecule has 0 spiro atoms. The number of carboxylic acids is 1. The smallest absolute Gasteiger partial charge is 0.327 e. The number of piperazine rings is 1.